The van der Waals surface area contributed by atoms with E-state index >= 15 is 0 Å². The number of halogens is 2. The number of aryl methyl sites for hydroxylation is 1. The number of hydrogen-bond acceptors (Lipinski definition) is 6. The van der Waals surface area contributed by atoms with Gasteiger partial charge in [-0.2, -0.15) is 0 Å². The van der Waals surface area contributed by atoms with Crippen molar-refractivity contribution in [2.75, 3.05) is 9.96 Å². The van der Waals surface area contributed by atoms with Gasteiger partial charge in [-0.1, -0.05) is 60.5 Å². The van der Waals surface area contributed by atoms with Gasteiger partial charge in [-0.15, -0.1) is 0 Å². The van der Waals surface area contributed by atoms with Crippen LogP contribution in [0.15, 0.2) is 66.7 Å². The molecule has 10 heteroatoms. The summed E-state index contributed by atoms with van der Waals surface area (Å²) in [4.78, 5) is 45.0. The Kier molecular flexibility index (Phi) is 5.96. The average Bonchev–Trinajstić information content (AvgIpc) is 3.37. The number of anilines is 2. The summed E-state index contributed by atoms with van der Waals surface area (Å²) in [6, 6.07) is 17.4. The number of benzene rings is 3. The number of nitrogens with zero attached hydrogens (tertiary/aromatic N) is 3. The Balaban J connectivity index is 1.59. The molecule has 3 aromatic rings. The van der Waals surface area contributed by atoms with Crippen molar-refractivity contribution in [3.8, 4) is 0 Å². The van der Waals surface area contributed by atoms with E-state index in [2.05, 4.69) is 0 Å². The minimum absolute atomic E-state index is 0.127. The highest BCUT2D eigenvalue weighted by atomic mass is 35.5. The van der Waals surface area contributed by atoms with Gasteiger partial charge in [0.25, 0.3) is 11.6 Å². The van der Waals surface area contributed by atoms with E-state index in [9.17, 15) is 19.7 Å². The first-order valence-corrected chi connectivity index (χ1v) is 11.7. The smallest absolute Gasteiger partial charge is 0.271 e. The highest BCUT2D eigenvalue weighted by Crippen LogP contribution is 2.48. The standard InChI is InChI=1S/C25H19Cl2N3O5/c1-2-14-6-8-15(9-7-14)22-21-23(35-29(22)17-4-3-5-18(12-17)30(33)34)25(32)28(24(21)31)16-10-11-19(26)20(27)13-16/h3-13,21-23H,2H2,1H3/t21-,22-,23-/m0/s1. The van der Waals surface area contributed by atoms with Crippen molar-refractivity contribution < 1.29 is 19.3 Å². The van der Waals surface area contributed by atoms with Gasteiger partial charge in [0, 0.05) is 12.1 Å². The molecule has 0 radical (unpaired) electrons. The third kappa shape index (κ3) is 3.93. The lowest BCUT2D eigenvalue weighted by Gasteiger charge is -2.28. The molecule has 178 valence electrons. The van der Waals surface area contributed by atoms with E-state index in [1.807, 2.05) is 31.2 Å². The Labute approximate surface area is 210 Å². The average molecular weight is 512 g/mol. The topological polar surface area (TPSA) is 93.0 Å². The lowest BCUT2D eigenvalue weighted by molar-refractivity contribution is -0.384. The number of fused-ring (bicyclic) bond motifs is 1. The number of imide groups is 1. The maximum Gasteiger partial charge on any atom is 0.271 e. The number of nitro benzene ring substituents is 1. The van der Waals surface area contributed by atoms with Crippen LogP contribution in [0.1, 0.15) is 24.1 Å². The molecule has 2 fully saturated rings. The summed E-state index contributed by atoms with van der Waals surface area (Å²) in [5.74, 6) is -1.86. The first kappa shape index (κ1) is 23.3. The molecule has 35 heavy (non-hydrogen) atoms. The van der Waals surface area contributed by atoms with Crippen molar-refractivity contribution in [2.45, 2.75) is 25.5 Å². The second-order valence-electron chi connectivity index (χ2n) is 8.30. The van der Waals surface area contributed by atoms with Gasteiger partial charge >= 0.3 is 0 Å². The number of rotatable bonds is 5. The van der Waals surface area contributed by atoms with Gasteiger partial charge in [0.15, 0.2) is 6.10 Å². The van der Waals surface area contributed by atoms with Crippen molar-refractivity contribution in [2.24, 2.45) is 5.92 Å². The number of nitro groups is 1. The molecular weight excluding hydrogens is 493 g/mol. The summed E-state index contributed by atoms with van der Waals surface area (Å²) in [7, 11) is 0. The van der Waals surface area contributed by atoms with E-state index in [-0.39, 0.29) is 10.7 Å². The van der Waals surface area contributed by atoms with Crippen LogP contribution in [0.4, 0.5) is 17.1 Å². The molecule has 2 heterocycles. The number of carbonyl (C=O) groups is 2. The number of amides is 2. The van der Waals surface area contributed by atoms with E-state index in [1.165, 1.54) is 35.4 Å². The van der Waals surface area contributed by atoms with E-state index < -0.39 is 34.8 Å². The molecule has 0 bridgehead atoms. The van der Waals surface area contributed by atoms with Crippen LogP contribution in [0, 0.1) is 16.0 Å². The molecule has 2 saturated heterocycles. The second kappa shape index (κ2) is 8.96. The minimum Gasteiger partial charge on any atom is -0.273 e. The minimum atomic E-state index is -1.10. The van der Waals surface area contributed by atoms with Gasteiger partial charge < -0.3 is 0 Å². The predicted octanol–water partition coefficient (Wildman–Crippen LogP) is 5.52. The van der Waals surface area contributed by atoms with Crippen molar-refractivity contribution in [1.82, 2.24) is 0 Å². The summed E-state index contributed by atoms with van der Waals surface area (Å²) in [6.07, 6.45) is -0.267. The maximum atomic E-state index is 13.7. The zero-order chi connectivity index (χ0) is 24.9. The molecule has 3 atom stereocenters. The zero-order valence-electron chi connectivity index (χ0n) is 18.4. The maximum absolute atomic E-state index is 13.7. The fraction of sp³-hybridized carbons (Fsp3) is 0.200. The summed E-state index contributed by atoms with van der Waals surface area (Å²) in [6.45, 7) is 2.04. The first-order valence-electron chi connectivity index (χ1n) is 10.9. The van der Waals surface area contributed by atoms with Crippen molar-refractivity contribution in [1.29, 1.82) is 0 Å². The Morgan fingerprint density at radius 2 is 1.69 bits per heavy atom. The molecular formula is C25H19Cl2N3O5. The van der Waals surface area contributed by atoms with E-state index in [1.54, 1.807) is 12.1 Å². The summed E-state index contributed by atoms with van der Waals surface area (Å²) >= 11 is 12.1. The van der Waals surface area contributed by atoms with Crippen LogP contribution in [0.5, 0.6) is 0 Å². The number of non-ortho nitro benzene ring substituents is 1. The molecule has 3 aromatic carbocycles. The van der Waals surface area contributed by atoms with Crippen molar-refractivity contribution in [3.63, 3.8) is 0 Å². The molecule has 2 aliphatic heterocycles. The highest BCUT2D eigenvalue weighted by Gasteiger charge is 2.60. The molecule has 0 unspecified atom stereocenters. The van der Waals surface area contributed by atoms with Crippen molar-refractivity contribution >= 4 is 52.1 Å². The summed E-state index contributed by atoms with van der Waals surface area (Å²) < 4.78 is 0. The molecule has 0 aliphatic carbocycles. The van der Waals surface area contributed by atoms with Gasteiger partial charge in [-0.25, -0.2) is 9.96 Å². The SMILES string of the molecule is CCc1ccc([C@H]2[C@@H]3C(=O)N(c4ccc(Cl)c(Cl)c4)C(=O)[C@H]3ON2c2cccc([N+](=O)[O-])c2)cc1. The molecule has 0 saturated carbocycles. The van der Waals surface area contributed by atoms with Crippen LogP contribution in [0.2, 0.25) is 10.0 Å². The third-order valence-corrected chi connectivity index (χ3v) is 7.04. The van der Waals surface area contributed by atoms with Crippen LogP contribution < -0.4 is 9.96 Å². The van der Waals surface area contributed by atoms with E-state index in [0.29, 0.717) is 16.4 Å². The van der Waals surface area contributed by atoms with Gasteiger partial charge in [0.2, 0.25) is 5.91 Å². The third-order valence-electron chi connectivity index (χ3n) is 6.30. The molecule has 0 N–H and O–H groups in total. The largest absolute Gasteiger partial charge is 0.273 e. The van der Waals surface area contributed by atoms with Gasteiger partial charge in [0.05, 0.1) is 32.4 Å². The number of hydrogen-bond donors (Lipinski definition) is 0. The lowest BCUT2D eigenvalue weighted by Crippen LogP contribution is -2.37. The number of carbonyl (C=O) groups excluding carboxylic acids is 2. The van der Waals surface area contributed by atoms with Crippen LogP contribution in [0.25, 0.3) is 0 Å². The lowest BCUT2D eigenvalue weighted by atomic mass is 9.90. The quantitative estimate of drug-likeness (QED) is 0.254. The Morgan fingerprint density at radius 1 is 0.943 bits per heavy atom. The second-order valence-corrected chi connectivity index (χ2v) is 9.12. The van der Waals surface area contributed by atoms with Crippen LogP contribution in [-0.4, -0.2) is 22.8 Å². The molecule has 2 amide bonds. The Bertz CT molecular complexity index is 1350. The van der Waals surface area contributed by atoms with Crippen molar-refractivity contribution in [3.05, 3.63) is 98.0 Å². The fourth-order valence-electron chi connectivity index (χ4n) is 4.55. The highest BCUT2D eigenvalue weighted by molar-refractivity contribution is 6.42. The van der Waals surface area contributed by atoms with Crippen LogP contribution >= 0.6 is 23.2 Å². The molecule has 8 nitrogen and oxygen atoms in total. The normalized spacial score (nSPS) is 21.5. The summed E-state index contributed by atoms with van der Waals surface area (Å²) in [5, 5.41) is 13.3. The molecule has 0 aromatic heterocycles. The predicted molar refractivity (Wildman–Crippen MR) is 131 cm³/mol. The fourth-order valence-corrected chi connectivity index (χ4v) is 4.84. The summed E-state index contributed by atoms with van der Waals surface area (Å²) in [5.41, 5.74) is 2.41. The van der Waals surface area contributed by atoms with Gasteiger partial charge in [-0.3, -0.25) is 24.5 Å². The Morgan fingerprint density at radius 3 is 2.34 bits per heavy atom. The Hall–Kier alpha value is -3.46. The van der Waals surface area contributed by atoms with Gasteiger partial charge in [-0.05, 0) is 41.8 Å². The monoisotopic (exact) mass is 511 g/mol. The van der Waals surface area contributed by atoms with E-state index in [4.69, 9.17) is 28.0 Å². The molecule has 5 rings (SSSR count). The van der Waals surface area contributed by atoms with Gasteiger partial charge in [0.1, 0.15) is 5.92 Å². The molecule has 0 spiro atoms. The van der Waals surface area contributed by atoms with Crippen LogP contribution in [-0.2, 0) is 20.8 Å². The zero-order valence-corrected chi connectivity index (χ0v) is 19.9. The first-order chi connectivity index (χ1) is 16.8. The number of hydroxylamine groups is 1. The molecule has 2 aliphatic rings. The van der Waals surface area contributed by atoms with E-state index in [0.717, 1.165) is 22.4 Å². The van der Waals surface area contributed by atoms with Crippen LogP contribution in [0.3, 0.4) is 0 Å².